The Balaban J connectivity index is 2.08. The van der Waals surface area contributed by atoms with Crippen LogP contribution in [0.1, 0.15) is 30.9 Å². The van der Waals surface area contributed by atoms with E-state index in [9.17, 15) is 49.0 Å². The van der Waals surface area contributed by atoms with Gasteiger partial charge in [0.2, 0.25) is 5.75 Å². The number of unbranched alkanes of at least 4 members (excludes halogenated alkanes) is 1. The van der Waals surface area contributed by atoms with Crippen molar-refractivity contribution in [2.24, 2.45) is 0 Å². The summed E-state index contributed by atoms with van der Waals surface area (Å²) in [6.07, 6.45) is -9.34. The molecular weight excluding hydrogens is 545 g/mol. The molecule has 0 unspecified atom stereocenters. The highest BCUT2D eigenvalue weighted by Gasteiger charge is 2.44. The molecule has 0 bridgehead atoms. The Kier molecular flexibility index (Phi) is 8.03. The summed E-state index contributed by atoms with van der Waals surface area (Å²) in [7, 11) is 0. The van der Waals surface area contributed by atoms with Gasteiger partial charge in [-0.2, -0.15) is 8.78 Å². The third-order valence-corrected chi connectivity index (χ3v) is 5.09. The molecule has 1 N–H and O–H groups in total. The molecule has 3 nitrogen and oxygen atoms in total. The lowest BCUT2D eigenvalue weighted by Gasteiger charge is -2.22. The highest BCUT2D eigenvalue weighted by atomic mass is 19.4. The van der Waals surface area contributed by atoms with Gasteiger partial charge in [-0.25, -0.2) is 26.3 Å². The molecular formula is C24H15F11O3. The molecule has 0 aromatic heterocycles. The number of aromatic hydroxyl groups is 1. The number of ether oxygens (including phenoxy) is 2. The summed E-state index contributed by atoms with van der Waals surface area (Å²) in [6, 6.07) is 1.05. The average Bonchev–Trinajstić information content (AvgIpc) is 2.75. The molecule has 3 rings (SSSR count). The number of aryl methyl sites for hydroxylation is 1. The minimum atomic E-state index is -5.55. The van der Waals surface area contributed by atoms with Crippen LogP contribution in [0.3, 0.4) is 0 Å². The van der Waals surface area contributed by atoms with Gasteiger partial charge < -0.3 is 14.6 Å². The second-order valence-electron chi connectivity index (χ2n) is 7.86. The van der Waals surface area contributed by atoms with Crippen molar-refractivity contribution in [1.29, 1.82) is 0 Å². The second-order valence-corrected chi connectivity index (χ2v) is 7.86. The van der Waals surface area contributed by atoms with Crippen LogP contribution in [-0.2, 0) is 12.5 Å². The Bertz CT molecular complexity index is 1310. The number of benzene rings is 3. The van der Waals surface area contributed by atoms with E-state index in [0.29, 0.717) is 12.8 Å². The Hall–Kier alpha value is -3.71. The van der Waals surface area contributed by atoms with Gasteiger partial charge in [0.1, 0.15) is 34.5 Å². The summed E-state index contributed by atoms with van der Waals surface area (Å²) in [4.78, 5) is 0. The lowest BCUT2D eigenvalue weighted by atomic mass is 9.96. The molecule has 0 heterocycles. The molecule has 0 amide bonds. The van der Waals surface area contributed by atoms with Gasteiger partial charge in [0.15, 0.2) is 17.5 Å². The largest absolute Gasteiger partial charge is 0.573 e. The van der Waals surface area contributed by atoms with Crippen LogP contribution in [0, 0.1) is 34.9 Å². The molecule has 14 heteroatoms. The first kappa shape index (κ1) is 28.9. The van der Waals surface area contributed by atoms with Gasteiger partial charge in [-0.15, -0.1) is 13.2 Å². The van der Waals surface area contributed by atoms with E-state index in [1.807, 2.05) is 0 Å². The molecule has 0 aliphatic heterocycles. The first-order chi connectivity index (χ1) is 17.6. The Labute approximate surface area is 207 Å². The van der Waals surface area contributed by atoms with E-state index < -0.39 is 81.3 Å². The summed E-state index contributed by atoms with van der Waals surface area (Å²) < 4.78 is 160. The molecule has 0 saturated carbocycles. The number of phenols is 1. The molecule has 38 heavy (non-hydrogen) atoms. The number of alkyl halides is 5. The number of phenolic OH excluding ortho intramolecular Hbond substituents is 1. The molecule has 3 aromatic carbocycles. The summed E-state index contributed by atoms with van der Waals surface area (Å²) >= 11 is 0. The van der Waals surface area contributed by atoms with Gasteiger partial charge in [0.25, 0.3) is 0 Å². The monoisotopic (exact) mass is 560 g/mol. The maximum Gasteiger partial charge on any atom is 0.573 e. The zero-order chi connectivity index (χ0) is 28.6. The van der Waals surface area contributed by atoms with Crippen molar-refractivity contribution in [3.8, 4) is 28.4 Å². The Morgan fingerprint density at radius 1 is 0.711 bits per heavy atom. The van der Waals surface area contributed by atoms with E-state index in [1.165, 1.54) is 0 Å². The molecule has 0 saturated heterocycles. The third kappa shape index (κ3) is 6.05. The maximum absolute atomic E-state index is 15.2. The van der Waals surface area contributed by atoms with Gasteiger partial charge in [-0.1, -0.05) is 13.3 Å². The summed E-state index contributed by atoms with van der Waals surface area (Å²) in [5, 5.41) is 9.96. The molecule has 0 aliphatic rings. The summed E-state index contributed by atoms with van der Waals surface area (Å²) in [5.41, 5.74) is -5.02. The fourth-order valence-corrected chi connectivity index (χ4v) is 3.51. The third-order valence-electron chi connectivity index (χ3n) is 5.09. The predicted octanol–water partition coefficient (Wildman–Crippen LogP) is 8.26. The van der Waals surface area contributed by atoms with E-state index in [0.717, 1.165) is 12.1 Å². The van der Waals surface area contributed by atoms with Crippen molar-refractivity contribution >= 4 is 0 Å². The number of rotatable bonds is 8. The molecule has 0 aliphatic carbocycles. The minimum Gasteiger partial charge on any atom is -0.507 e. The standard InChI is InChI=1S/C24H15F11O3/c1-2-3-4-10-5-12(25)18(13(26)6-10)19-17(36)9-14(27)20(21(19)30)23(31,32)37-11-7-15(28)22(16(29)8-11)38-24(33,34)35/h5-9,36H,2-4H2,1H3. The van der Waals surface area contributed by atoms with Crippen LogP contribution in [0.4, 0.5) is 48.3 Å². The molecule has 0 radical (unpaired) electrons. The highest BCUT2D eigenvalue weighted by molar-refractivity contribution is 5.73. The Morgan fingerprint density at radius 3 is 1.76 bits per heavy atom. The summed E-state index contributed by atoms with van der Waals surface area (Å²) in [5.74, 6) is -16.9. The number of halogens is 11. The van der Waals surface area contributed by atoms with E-state index >= 15 is 4.39 Å². The van der Waals surface area contributed by atoms with Crippen molar-refractivity contribution in [3.05, 3.63) is 76.4 Å². The molecule has 0 spiro atoms. The first-order valence-corrected chi connectivity index (χ1v) is 10.6. The van der Waals surface area contributed by atoms with Crippen LogP contribution in [0.2, 0.25) is 0 Å². The molecule has 3 aromatic rings. The van der Waals surface area contributed by atoms with Gasteiger partial charge >= 0.3 is 12.5 Å². The van der Waals surface area contributed by atoms with Gasteiger partial charge in [-0.3, -0.25) is 0 Å². The van der Waals surface area contributed by atoms with E-state index in [1.54, 1.807) is 6.92 Å². The molecule has 0 atom stereocenters. The SMILES string of the molecule is CCCCc1cc(F)c(-c2c(O)cc(F)c(C(F)(F)Oc3cc(F)c(OC(F)(F)F)c(F)c3)c2F)c(F)c1. The normalized spacial score (nSPS) is 12.1. The summed E-state index contributed by atoms with van der Waals surface area (Å²) in [6.45, 7) is 1.80. The number of hydrogen-bond acceptors (Lipinski definition) is 3. The number of hydrogen-bond donors (Lipinski definition) is 1. The maximum atomic E-state index is 15.2. The second kappa shape index (κ2) is 10.6. The fourth-order valence-electron chi connectivity index (χ4n) is 3.51. The van der Waals surface area contributed by atoms with Crippen molar-refractivity contribution in [2.45, 2.75) is 38.7 Å². The van der Waals surface area contributed by atoms with Crippen LogP contribution in [0.25, 0.3) is 11.1 Å². The van der Waals surface area contributed by atoms with Gasteiger partial charge in [0, 0.05) is 18.2 Å². The van der Waals surface area contributed by atoms with Gasteiger partial charge in [0.05, 0.1) is 11.1 Å². The van der Waals surface area contributed by atoms with Crippen LogP contribution >= 0.6 is 0 Å². The zero-order valence-electron chi connectivity index (χ0n) is 18.9. The first-order valence-electron chi connectivity index (χ1n) is 10.6. The van der Waals surface area contributed by atoms with Crippen LogP contribution < -0.4 is 9.47 Å². The van der Waals surface area contributed by atoms with Crippen molar-refractivity contribution < 1.29 is 62.9 Å². The van der Waals surface area contributed by atoms with E-state index in [-0.39, 0.29) is 30.2 Å². The van der Waals surface area contributed by atoms with Crippen LogP contribution in [-0.4, -0.2) is 11.5 Å². The van der Waals surface area contributed by atoms with Crippen molar-refractivity contribution in [1.82, 2.24) is 0 Å². The molecule has 0 fully saturated rings. The topological polar surface area (TPSA) is 38.7 Å². The Morgan fingerprint density at radius 2 is 1.26 bits per heavy atom. The van der Waals surface area contributed by atoms with Crippen molar-refractivity contribution in [3.63, 3.8) is 0 Å². The van der Waals surface area contributed by atoms with Crippen LogP contribution in [0.5, 0.6) is 17.2 Å². The minimum absolute atomic E-state index is 0.101. The zero-order valence-corrected chi connectivity index (χ0v) is 18.9. The van der Waals surface area contributed by atoms with Crippen LogP contribution in [0.15, 0.2) is 30.3 Å². The lowest BCUT2D eigenvalue weighted by Crippen LogP contribution is -2.26. The molecule has 206 valence electrons. The van der Waals surface area contributed by atoms with E-state index in [4.69, 9.17) is 0 Å². The lowest BCUT2D eigenvalue weighted by molar-refractivity contribution is -0.276. The van der Waals surface area contributed by atoms with Crippen molar-refractivity contribution in [2.75, 3.05) is 0 Å². The predicted molar refractivity (Wildman–Crippen MR) is 110 cm³/mol. The smallest absolute Gasteiger partial charge is 0.507 e. The van der Waals surface area contributed by atoms with Gasteiger partial charge in [-0.05, 0) is 30.5 Å². The van der Waals surface area contributed by atoms with E-state index in [2.05, 4.69) is 9.47 Å². The highest BCUT2D eigenvalue weighted by Crippen LogP contribution is 2.44. The average molecular weight is 560 g/mol. The quantitative estimate of drug-likeness (QED) is 0.282. The fraction of sp³-hybridized carbons (Fsp3) is 0.250.